The fourth-order valence-electron chi connectivity index (χ4n) is 2.02. The van der Waals surface area contributed by atoms with Crippen LogP contribution in [-0.2, 0) is 16.1 Å². The molecule has 0 fully saturated rings. The highest BCUT2D eigenvalue weighted by atomic mass is 35.5. The van der Waals surface area contributed by atoms with E-state index in [1.165, 1.54) is 11.0 Å². The van der Waals surface area contributed by atoms with Crippen LogP contribution < -0.4 is 5.32 Å². The summed E-state index contributed by atoms with van der Waals surface area (Å²) in [4.78, 5) is 26.8. The molecule has 0 aliphatic heterocycles. The molecule has 1 heterocycles. The average molecular weight is 363 g/mol. The van der Waals surface area contributed by atoms with Crippen molar-refractivity contribution in [3.05, 3.63) is 63.3 Å². The summed E-state index contributed by atoms with van der Waals surface area (Å²) in [6, 6.07) is 11.1. The highest BCUT2D eigenvalue weighted by molar-refractivity contribution is 7.09. The minimum atomic E-state index is -0.196. The molecule has 0 saturated carbocycles. The Morgan fingerprint density at radius 3 is 2.62 bits per heavy atom. The van der Waals surface area contributed by atoms with E-state index in [0.717, 1.165) is 10.4 Å². The maximum absolute atomic E-state index is 12.2. The standard InChI is InChI=1S/C18H19ClN2O2S/c1-2-21(13-17(22)20-12-16-4-3-11-24-16)18(23)10-7-14-5-8-15(19)9-6-14/h3-11H,2,12-13H2,1H3,(H,20,22)/b10-7+. The predicted molar refractivity (Wildman–Crippen MR) is 98.9 cm³/mol. The van der Waals surface area contributed by atoms with Crippen LogP contribution in [-0.4, -0.2) is 29.8 Å². The average Bonchev–Trinajstić information content (AvgIpc) is 3.10. The van der Waals surface area contributed by atoms with Crippen LogP contribution in [0.4, 0.5) is 0 Å². The Labute approximate surface area is 150 Å². The summed E-state index contributed by atoms with van der Waals surface area (Å²) in [5, 5.41) is 5.44. The van der Waals surface area contributed by atoms with E-state index in [2.05, 4.69) is 5.32 Å². The van der Waals surface area contributed by atoms with Crippen molar-refractivity contribution in [2.75, 3.05) is 13.1 Å². The van der Waals surface area contributed by atoms with Crippen LogP contribution in [0.2, 0.25) is 5.02 Å². The van der Waals surface area contributed by atoms with Crippen LogP contribution in [0.3, 0.4) is 0 Å². The van der Waals surface area contributed by atoms with E-state index >= 15 is 0 Å². The lowest BCUT2D eigenvalue weighted by molar-refractivity contribution is -0.132. The molecule has 0 spiro atoms. The molecule has 0 bridgehead atoms. The van der Waals surface area contributed by atoms with E-state index < -0.39 is 0 Å². The number of hydrogen-bond acceptors (Lipinski definition) is 3. The quantitative estimate of drug-likeness (QED) is 0.765. The zero-order chi connectivity index (χ0) is 17.4. The second kappa shape index (κ2) is 9.25. The summed E-state index contributed by atoms with van der Waals surface area (Å²) >= 11 is 7.41. The molecule has 1 aromatic heterocycles. The Hall–Kier alpha value is -2.11. The van der Waals surface area contributed by atoms with Gasteiger partial charge < -0.3 is 10.2 Å². The Kier molecular flexibility index (Phi) is 7.03. The van der Waals surface area contributed by atoms with Gasteiger partial charge in [0.15, 0.2) is 0 Å². The van der Waals surface area contributed by atoms with Gasteiger partial charge in [-0.1, -0.05) is 29.8 Å². The van der Waals surface area contributed by atoms with Crippen molar-refractivity contribution in [2.24, 2.45) is 0 Å². The molecule has 6 heteroatoms. The summed E-state index contributed by atoms with van der Waals surface area (Å²) in [5.41, 5.74) is 0.881. The first-order valence-electron chi connectivity index (χ1n) is 7.60. The smallest absolute Gasteiger partial charge is 0.247 e. The van der Waals surface area contributed by atoms with Crippen LogP contribution in [0.1, 0.15) is 17.4 Å². The molecule has 126 valence electrons. The van der Waals surface area contributed by atoms with E-state index in [0.29, 0.717) is 18.1 Å². The van der Waals surface area contributed by atoms with Crippen molar-refractivity contribution in [3.8, 4) is 0 Å². The van der Waals surface area contributed by atoms with Gasteiger partial charge in [0.25, 0.3) is 0 Å². The number of amides is 2. The molecule has 0 saturated heterocycles. The SMILES string of the molecule is CCN(CC(=O)NCc1cccs1)C(=O)/C=C/c1ccc(Cl)cc1. The van der Waals surface area contributed by atoms with Crippen LogP contribution in [0, 0.1) is 0 Å². The summed E-state index contributed by atoms with van der Waals surface area (Å²) in [6.07, 6.45) is 3.18. The van der Waals surface area contributed by atoms with Gasteiger partial charge in [0.05, 0.1) is 13.1 Å². The number of thiophene rings is 1. The van der Waals surface area contributed by atoms with E-state index in [1.54, 1.807) is 29.5 Å². The van der Waals surface area contributed by atoms with E-state index in [9.17, 15) is 9.59 Å². The number of likely N-dealkylation sites (N-methyl/N-ethyl adjacent to an activating group) is 1. The molecule has 1 aromatic carbocycles. The van der Waals surface area contributed by atoms with Crippen LogP contribution >= 0.6 is 22.9 Å². The first-order valence-corrected chi connectivity index (χ1v) is 8.86. The second-order valence-corrected chi connectivity index (χ2v) is 6.56. The molecule has 1 N–H and O–H groups in total. The molecular weight excluding hydrogens is 344 g/mol. The van der Waals surface area contributed by atoms with Crippen LogP contribution in [0.15, 0.2) is 47.9 Å². The molecule has 2 rings (SSSR count). The van der Waals surface area contributed by atoms with Crippen molar-refractivity contribution in [2.45, 2.75) is 13.5 Å². The highest BCUT2D eigenvalue weighted by Crippen LogP contribution is 2.11. The first-order chi connectivity index (χ1) is 11.6. The third-order valence-electron chi connectivity index (χ3n) is 3.36. The van der Waals surface area contributed by atoms with Gasteiger partial charge in [-0.2, -0.15) is 0 Å². The minimum Gasteiger partial charge on any atom is -0.350 e. The summed E-state index contributed by atoms with van der Waals surface area (Å²) in [5.74, 6) is -0.364. The fourth-order valence-corrected chi connectivity index (χ4v) is 2.79. The zero-order valence-electron chi connectivity index (χ0n) is 13.4. The molecule has 2 amide bonds. The molecular formula is C18H19ClN2O2S. The molecule has 2 aromatic rings. The molecule has 4 nitrogen and oxygen atoms in total. The lowest BCUT2D eigenvalue weighted by Gasteiger charge is -2.18. The van der Waals surface area contributed by atoms with Gasteiger partial charge in [-0.25, -0.2) is 0 Å². The molecule has 0 aliphatic carbocycles. The highest BCUT2D eigenvalue weighted by Gasteiger charge is 2.13. The van der Waals surface area contributed by atoms with Crippen LogP contribution in [0.5, 0.6) is 0 Å². The normalized spacial score (nSPS) is 10.8. The Morgan fingerprint density at radius 1 is 1.25 bits per heavy atom. The molecule has 0 radical (unpaired) electrons. The monoisotopic (exact) mass is 362 g/mol. The largest absolute Gasteiger partial charge is 0.350 e. The van der Waals surface area contributed by atoms with E-state index in [1.807, 2.05) is 36.6 Å². The third-order valence-corrected chi connectivity index (χ3v) is 4.48. The molecule has 0 unspecified atom stereocenters. The number of benzene rings is 1. The van der Waals surface area contributed by atoms with Gasteiger partial charge in [-0.3, -0.25) is 9.59 Å². The Bertz CT molecular complexity index is 696. The first kappa shape index (κ1) is 18.2. The van der Waals surface area contributed by atoms with Crippen molar-refractivity contribution < 1.29 is 9.59 Å². The fraction of sp³-hybridized carbons (Fsp3) is 0.222. The number of halogens is 1. The molecule has 0 aliphatic rings. The van der Waals surface area contributed by atoms with Crippen molar-refractivity contribution in [1.29, 1.82) is 0 Å². The summed E-state index contributed by atoms with van der Waals surface area (Å²) < 4.78 is 0. The van der Waals surface area contributed by atoms with Gasteiger partial charge in [0.2, 0.25) is 11.8 Å². The number of carbonyl (C=O) groups is 2. The number of nitrogens with one attached hydrogen (secondary N) is 1. The van der Waals surface area contributed by atoms with Gasteiger partial charge >= 0.3 is 0 Å². The number of nitrogens with zero attached hydrogens (tertiary/aromatic N) is 1. The maximum atomic E-state index is 12.2. The Morgan fingerprint density at radius 2 is 2.00 bits per heavy atom. The summed E-state index contributed by atoms with van der Waals surface area (Å²) in [7, 11) is 0. The number of hydrogen-bond donors (Lipinski definition) is 1. The molecule has 24 heavy (non-hydrogen) atoms. The lowest BCUT2D eigenvalue weighted by Crippen LogP contribution is -2.39. The second-order valence-electron chi connectivity index (χ2n) is 5.09. The van der Waals surface area contributed by atoms with Gasteiger partial charge in [-0.05, 0) is 42.1 Å². The minimum absolute atomic E-state index is 0.0473. The van der Waals surface area contributed by atoms with Gasteiger partial charge in [0, 0.05) is 22.5 Å². The Balaban J connectivity index is 1.86. The van der Waals surface area contributed by atoms with Crippen molar-refractivity contribution in [1.82, 2.24) is 10.2 Å². The van der Waals surface area contributed by atoms with Gasteiger partial charge in [-0.15, -0.1) is 11.3 Å². The maximum Gasteiger partial charge on any atom is 0.247 e. The zero-order valence-corrected chi connectivity index (χ0v) is 14.9. The number of carbonyl (C=O) groups excluding carboxylic acids is 2. The van der Waals surface area contributed by atoms with Crippen molar-refractivity contribution >= 4 is 40.8 Å². The number of rotatable bonds is 7. The predicted octanol–water partition coefficient (Wildman–Crippen LogP) is 3.58. The van der Waals surface area contributed by atoms with Crippen LogP contribution in [0.25, 0.3) is 6.08 Å². The van der Waals surface area contributed by atoms with Gasteiger partial charge in [0.1, 0.15) is 0 Å². The summed E-state index contributed by atoms with van der Waals surface area (Å²) in [6.45, 7) is 2.85. The third kappa shape index (κ3) is 5.83. The van der Waals surface area contributed by atoms with E-state index in [4.69, 9.17) is 11.6 Å². The topological polar surface area (TPSA) is 49.4 Å². The molecule has 0 atom stereocenters. The van der Waals surface area contributed by atoms with Crippen molar-refractivity contribution in [3.63, 3.8) is 0 Å². The van der Waals surface area contributed by atoms with E-state index in [-0.39, 0.29) is 18.4 Å². The lowest BCUT2D eigenvalue weighted by atomic mass is 10.2.